The lowest BCUT2D eigenvalue weighted by atomic mass is 9.89. The van der Waals surface area contributed by atoms with E-state index in [9.17, 15) is 4.79 Å². The predicted molar refractivity (Wildman–Crippen MR) is 99.7 cm³/mol. The molecule has 1 saturated carbocycles. The molecule has 4 heteroatoms. The molecular formula is C20H22BrNO2. The monoisotopic (exact) mass is 387 g/mol. The van der Waals surface area contributed by atoms with E-state index >= 15 is 0 Å². The average molecular weight is 388 g/mol. The molecule has 1 amide bonds. The first-order valence-corrected chi connectivity index (χ1v) is 8.97. The lowest BCUT2D eigenvalue weighted by Crippen LogP contribution is -2.41. The third kappa shape index (κ3) is 3.20. The van der Waals surface area contributed by atoms with E-state index in [0.29, 0.717) is 11.3 Å². The molecule has 1 aliphatic carbocycles. The van der Waals surface area contributed by atoms with Crippen LogP contribution in [0.1, 0.15) is 41.3 Å². The Labute approximate surface area is 151 Å². The van der Waals surface area contributed by atoms with E-state index in [1.807, 2.05) is 25.1 Å². The van der Waals surface area contributed by atoms with Gasteiger partial charge in [-0.15, -0.1) is 0 Å². The summed E-state index contributed by atoms with van der Waals surface area (Å²) in [7, 11) is 1.59. The van der Waals surface area contributed by atoms with Crippen molar-refractivity contribution in [3.05, 3.63) is 63.6 Å². The first-order valence-electron chi connectivity index (χ1n) is 8.18. The van der Waals surface area contributed by atoms with Crippen LogP contribution in [0, 0.1) is 6.92 Å². The maximum atomic E-state index is 12.7. The lowest BCUT2D eigenvalue weighted by Gasteiger charge is -2.25. The summed E-state index contributed by atoms with van der Waals surface area (Å²) in [6.45, 7) is 4.07. The topological polar surface area (TPSA) is 38.3 Å². The van der Waals surface area contributed by atoms with Crippen LogP contribution in [0.3, 0.4) is 0 Å². The minimum Gasteiger partial charge on any atom is -0.496 e. The Bertz CT molecular complexity index is 751. The van der Waals surface area contributed by atoms with Gasteiger partial charge in [0.05, 0.1) is 12.7 Å². The van der Waals surface area contributed by atoms with Gasteiger partial charge in [-0.2, -0.15) is 0 Å². The van der Waals surface area contributed by atoms with Crippen LogP contribution < -0.4 is 10.1 Å². The van der Waals surface area contributed by atoms with Gasteiger partial charge < -0.3 is 10.1 Å². The van der Waals surface area contributed by atoms with E-state index in [0.717, 1.165) is 22.9 Å². The summed E-state index contributed by atoms with van der Waals surface area (Å²) in [6, 6.07) is 14.2. The SMILES string of the molecule is COc1ccc(C)cc1C(=O)NC(C)C1(c2ccc(Br)cc2)CC1. The van der Waals surface area contributed by atoms with Crippen LogP contribution in [-0.2, 0) is 5.41 Å². The van der Waals surface area contributed by atoms with Crippen LogP contribution in [0.25, 0.3) is 0 Å². The number of hydrogen-bond donors (Lipinski definition) is 1. The zero-order chi connectivity index (χ0) is 17.3. The summed E-state index contributed by atoms with van der Waals surface area (Å²) in [5.74, 6) is 0.533. The molecule has 0 spiro atoms. The van der Waals surface area contributed by atoms with Gasteiger partial charge in [0, 0.05) is 15.9 Å². The number of hydrogen-bond acceptors (Lipinski definition) is 2. The number of nitrogens with one attached hydrogen (secondary N) is 1. The number of carbonyl (C=O) groups is 1. The van der Waals surface area contributed by atoms with Crippen molar-refractivity contribution in [1.82, 2.24) is 5.32 Å². The predicted octanol–water partition coefficient (Wildman–Crippen LogP) is 4.62. The van der Waals surface area contributed by atoms with Gasteiger partial charge in [0.25, 0.3) is 5.91 Å². The number of halogens is 1. The molecule has 0 aliphatic heterocycles. The summed E-state index contributed by atoms with van der Waals surface area (Å²) in [5.41, 5.74) is 2.97. The minimum absolute atomic E-state index is 0.0490. The molecular weight excluding hydrogens is 366 g/mol. The third-order valence-electron chi connectivity index (χ3n) is 4.98. The molecule has 0 heterocycles. The third-order valence-corrected chi connectivity index (χ3v) is 5.51. The van der Waals surface area contributed by atoms with E-state index in [1.54, 1.807) is 7.11 Å². The van der Waals surface area contributed by atoms with E-state index in [2.05, 4.69) is 52.4 Å². The second-order valence-corrected chi connectivity index (χ2v) is 7.48. The zero-order valence-corrected chi connectivity index (χ0v) is 15.8. The van der Waals surface area contributed by atoms with E-state index in [1.165, 1.54) is 5.56 Å². The molecule has 3 rings (SSSR count). The van der Waals surface area contributed by atoms with Gasteiger partial charge in [0.1, 0.15) is 5.75 Å². The highest BCUT2D eigenvalue weighted by atomic mass is 79.9. The Morgan fingerprint density at radius 3 is 2.46 bits per heavy atom. The standard InChI is InChI=1S/C20H22BrNO2/c1-13-4-9-18(24-3)17(12-13)19(23)22-14(2)20(10-11-20)15-5-7-16(21)8-6-15/h4-9,12,14H,10-11H2,1-3H3,(H,22,23). The fourth-order valence-corrected chi connectivity index (χ4v) is 3.56. The second kappa shape index (κ2) is 6.60. The lowest BCUT2D eigenvalue weighted by molar-refractivity contribution is 0.0928. The van der Waals surface area contributed by atoms with Crippen molar-refractivity contribution in [2.24, 2.45) is 0 Å². The molecule has 2 aromatic carbocycles. The van der Waals surface area contributed by atoms with Gasteiger partial charge >= 0.3 is 0 Å². The maximum absolute atomic E-state index is 12.7. The highest BCUT2D eigenvalue weighted by molar-refractivity contribution is 9.10. The van der Waals surface area contributed by atoms with Gasteiger partial charge in [0.15, 0.2) is 0 Å². The first kappa shape index (κ1) is 17.0. The van der Waals surface area contributed by atoms with Crippen molar-refractivity contribution in [2.75, 3.05) is 7.11 Å². The molecule has 0 radical (unpaired) electrons. The van der Waals surface area contributed by atoms with Crippen LogP contribution in [0.15, 0.2) is 46.9 Å². The van der Waals surface area contributed by atoms with Crippen LogP contribution in [0.4, 0.5) is 0 Å². The van der Waals surface area contributed by atoms with Gasteiger partial charge in [-0.05, 0) is 56.5 Å². The molecule has 1 aliphatic rings. The van der Waals surface area contributed by atoms with E-state index in [4.69, 9.17) is 4.74 Å². The van der Waals surface area contributed by atoms with Gasteiger partial charge in [-0.3, -0.25) is 4.79 Å². The Morgan fingerprint density at radius 2 is 1.88 bits per heavy atom. The van der Waals surface area contributed by atoms with Crippen LogP contribution >= 0.6 is 15.9 Å². The summed E-state index contributed by atoms with van der Waals surface area (Å²) < 4.78 is 6.41. The van der Waals surface area contributed by atoms with Crippen LogP contribution in [0.5, 0.6) is 5.75 Å². The number of ether oxygens (including phenoxy) is 1. The Hall–Kier alpha value is -1.81. The van der Waals surface area contributed by atoms with E-state index in [-0.39, 0.29) is 17.4 Å². The summed E-state index contributed by atoms with van der Waals surface area (Å²) in [5, 5.41) is 3.18. The summed E-state index contributed by atoms with van der Waals surface area (Å²) >= 11 is 3.48. The number of rotatable bonds is 5. The minimum atomic E-state index is -0.0774. The highest BCUT2D eigenvalue weighted by Crippen LogP contribution is 2.51. The van der Waals surface area contributed by atoms with Crippen molar-refractivity contribution in [3.8, 4) is 5.75 Å². The molecule has 0 aromatic heterocycles. The van der Waals surface area contributed by atoms with Crippen molar-refractivity contribution in [2.45, 2.75) is 38.1 Å². The molecule has 0 bridgehead atoms. The molecule has 126 valence electrons. The molecule has 2 aromatic rings. The second-order valence-electron chi connectivity index (χ2n) is 6.56. The smallest absolute Gasteiger partial charge is 0.255 e. The summed E-state index contributed by atoms with van der Waals surface area (Å²) in [6.07, 6.45) is 2.20. The van der Waals surface area contributed by atoms with Crippen molar-refractivity contribution >= 4 is 21.8 Å². The fourth-order valence-electron chi connectivity index (χ4n) is 3.30. The van der Waals surface area contributed by atoms with Crippen molar-refractivity contribution in [3.63, 3.8) is 0 Å². The molecule has 1 unspecified atom stereocenters. The Balaban J connectivity index is 1.80. The normalized spacial score (nSPS) is 16.3. The average Bonchev–Trinajstić information content (AvgIpc) is 3.37. The number of benzene rings is 2. The fraction of sp³-hybridized carbons (Fsp3) is 0.350. The number of methoxy groups -OCH3 is 1. The zero-order valence-electron chi connectivity index (χ0n) is 14.2. The number of carbonyl (C=O) groups excluding carboxylic acids is 1. The molecule has 0 saturated heterocycles. The first-order chi connectivity index (χ1) is 11.5. The van der Waals surface area contributed by atoms with Gasteiger partial charge in [-0.1, -0.05) is 39.7 Å². The molecule has 1 atom stereocenters. The van der Waals surface area contributed by atoms with Crippen LogP contribution in [0.2, 0.25) is 0 Å². The molecule has 3 nitrogen and oxygen atoms in total. The molecule has 1 N–H and O–H groups in total. The number of aryl methyl sites for hydroxylation is 1. The Morgan fingerprint density at radius 1 is 1.21 bits per heavy atom. The molecule has 24 heavy (non-hydrogen) atoms. The summed E-state index contributed by atoms with van der Waals surface area (Å²) in [4.78, 5) is 12.7. The maximum Gasteiger partial charge on any atom is 0.255 e. The Kier molecular flexibility index (Phi) is 4.68. The molecule has 1 fully saturated rings. The van der Waals surface area contributed by atoms with E-state index < -0.39 is 0 Å². The van der Waals surface area contributed by atoms with Gasteiger partial charge in [-0.25, -0.2) is 0 Å². The van der Waals surface area contributed by atoms with Crippen molar-refractivity contribution < 1.29 is 9.53 Å². The highest BCUT2D eigenvalue weighted by Gasteiger charge is 2.49. The van der Waals surface area contributed by atoms with Gasteiger partial charge in [0.2, 0.25) is 0 Å². The largest absolute Gasteiger partial charge is 0.496 e. The van der Waals surface area contributed by atoms with Crippen LogP contribution in [-0.4, -0.2) is 19.1 Å². The quantitative estimate of drug-likeness (QED) is 0.812. The van der Waals surface area contributed by atoms with Crippen molar-refractivity contribution in [1.29, 1.82) is 0 Å². The number of amides is 1.